The van der Waals surface area contributed by atoms with E-state index >= 15 is 0 Å². The lowest BCUT2D eigenvalue weighted by molar-refractivity contribution is 0.0252. The van der Waals surface area contributed by atoms with Gasteiger partial charge in [-0.15, -0.1) is 34.2 Å². The largest absolute Gasteiger partial charge is 0.444 e. The van der Waals surface area contributed by atoms with E-state index in [1.807, 2.05) is 39.3 Å². The molecule has 10 nitrogen and oxygen atoms in total. The minimum absolute atomic E-state index is 0. The van der Waals surface area contributed by atoms with Crippen LogP contribution in [-0.4, -0.2) is 75.7 Å². The van der Waals surface area contributed by atoms with Crippen LogP contribution in [0.3, 0.4) is 0 Å². The number of methoxy groups -OCH3 is 1. The van der Waals surface area contributed by atoms with Crippen LogP contribution >= 0.6 is 24.0 Å². The molecule has 1 amide bonds. The molecule has 0 bridgehead atoms. The van der Waals surface area contributed by atoms with E-state index < -0.39 is 5.60 Å². The molecule has 1 unspecified atom stereocenters. The van der Waals surface area contributed by atoms with Gasteiger partial charge in [-0.2, -0.15) is 0 Å². The summed E-state index contributed by atoms with van der Waals surface area (Å²) in [5.74, 6) is 2.37. The maximum atomic E-state index is 12.5. The number of aliphatic imine (C=N–C) groups is 1. The molecule has 1 aromatic rings. The molecule has 11 heteroatoms. The van der Waals surface area contributed by atoms with Gasteiger partial charge in [0.25, 0.3) is 0 Å². The molecule has 1 saturated carbocycles. The first-order chi connectivity index (χ1) is 14.7. The summed E-state index contributed by atoms with van der Waals surface area (Å²) in [6.45, 7) is 8.91. The molecule has 1 aliphatic heterocycles. The number of carbonyl (C=O) groups excluding carboxylic acids is 1. The number of hydrogen-bond acceptors (Lipinski definition) is 6. The lowest BCUT2D eigenvalue weighted by atomic mass is 10.2. The number of hydrogen-bond donors (Lipinski definition) is 2. The Balaban J connectivity index is 0.00000363. The number of likely N-dealkylation sites (tertiary alicyclic amines) is 1. The van der Waals surface area contributed by atoms with Gasteiger partial charge in [0.1, 0.15) is 18.0 Å². The van der Waals surface area contributed by atoms with Crippen LogP contribution in [-0.2, 0) is 23.1 Å². The topological polar surface area (TPSA) is 106 Å². The molecule has 2 N–H and O–H groups in total. The van der Waals surface area contributed by atoms with Crippen LogP contribution in [0, 0.1) is 6.92 Å². The molecule has 0 radical (unpaired) electrons. The summed E-state index contributed by atoms with van der Waals surface area (Å²) in [5.41, 5.74) is -0.532. The number of ether oxygens (including phenoxy) is 2. The van der Waals surface area contributed by atoms with Crippen LogP contribution in [0.1, 0.15) is 58.1 Å². The highest BCUT2D eigenvalue weighted by Crippen LogP contribution is 2.19. The highest BCUT2D eigenvalue weighted by Gasteiger charge is 2.38. The summed E-state index contributed by atoms with van der Waals surface area (Å²) in [5, 5.41) is 15.4. The fourth-order valence-electron chi connectivity index (χ4n) is 3.94. The molecular weight excluding hydrogens is 525 g/mol. The standard InChI is InChI=1S/C21H37N7O3.HI/c1-14-25-26-18(27(14)5)11-22-19(23-15-9-7-8-10-15)24-16-12-28(13-17(16)30-6)20(29)31-21(2,3)4;/h15-17H,7-13H2,1-6H3,(H2,22,23,24);1H/t16?,17-;/m0./s1. The fraction of sp³-hybridized carbons (Fsp3) is 0.810. The van der Waals surface area contributed by atoms with Crippen molar-refractivity contribution in [2.45, 2.75) is 83.7 Å². The van der Waals surface area contributed by atoms with Gasteiger partial charge in [-0.05, 0) is 40.5 Å². The molecule has 0 spiro atoms. The molecule has 2 atom stereocenters. The lowest BCUT2D eigenvalue weighted by Crippen LogP contribution is -2.51. The second-order valence-corrected chi connectivity index (χ2v) is 9.42. The summed E-state index contributed by atoms with van der Waals surface area (Å²) in [4.78, 5) is 19.0. The van der Waals surface area contributed by atoms with Gasteiger partial charge in [-0.1, -0.05) is 12.8 Å². The molecule has 1 aliphatic carbocycles. The molecule has 1 saturated heterocycles. The highest BCUT2D eigenvalue weighted by molar-refractivity contribution is 14.0. The van der Waals surface area contributed by atoms with Crippen LogP contribution in [0.15, 0.2) is 4.99 Å². The fourth-order valence-corrected chi connectivity index (χ4v) is 3.94. The van der Waals surface area contributed by atoms with Crippen molar-refractivity contribution >= 4 is 36.0 Å². The van der Waals surface area contributed by atoms with Crippen molar-refractivity contribution in [2.24, 2.45) is 12.0 Å². The Hall–Kier alpha value is -1.63. The average Bonchev–Trinajstić information content (AvgIpc) is 3.41. The van der Waals surface area contributed by atoms with Crippen LogP contribution in [0.5, 0.6) is 0 Å². The van der Waals surface area contributed by atoms with E-state index in [1.165, 1.54) is 12.8 Å². The van der Waals surface area contributed by atoms with E-state index in [0.717, 1.165) is 24.5 Å². The Bertz CT molecular complexity index is 787. The van der Waals surface area contributed by atoms with Gasteiger partial charge in [0, 0.05) is 26.7 Å². The SMILES string of the molecule is CO[C@H]1CN(C(=O)OC(C)(C)C)CC1NC(=NCc1nnc(C)n1C)NC1CCCC1.I. The van der Waals surface area contributed by atoms with Crippen LogP contribution in [0.25, 0.3) is 0 Å². The number of aryl methyl sites for hydroxylation is 1. The molecule has 1 aromatic heterocycles. The zero-order valence-electron chi connectivity index (χ0n) is 20.1. The van der Waals surface area contributed by atoms with Gasteiger partial charge in [-0.25, -0.2) is 9.79 Å². The van der Waals surface area contributed by atoms with E-state index in [9.17, 15) is 4.79 Å². The molecule has 32 heavy (non-hydrogen) atoms. The maximum absolute atomic E-state index is 12.5. The molecule has 2 aliphatic rings. The van der Waals surface area contributed by atoms with Gasteiger partial charge in [0.2, 0.25) is 0 Å². The van der Waals surface area contributed by atoms with Crippen molar-refractivity contribution in [3.05, 3.63) is 11.6 Å². The quantitative estimate of drug-likeness (QED) is 0.322. The number of rotatable bonds is 5. The molecule has 0 aromatic carbocycles. The number of amides is 1. The number of aromatic nitrogens is 3. The number of nitrogens with zero attached hydrogens (tertiary/aromatic N) is 5. The lowest BCUT2D eigenvalue weighted by Gasteiger charge is -2.25. The minimum atomic E-state index is -0.532. The van der Waals surface area contributed by atoms with Crippen LogP contribution < -0.4 is 10.6 Å². The summed E-state index contributed by atoms with van der Waals surface area (Å²) in [7, 11) is 3.61. The van der Waals surface area contributed by atoms with Crippen molar-refractivity contribution < 1.29 is 14.3 Å². The van der Waals surface area contributed by atoms with Gasteiger partial charge in [0.15, 0.2) is 11.8 Å². The van der Waals surface area contributed by atoms with E-state index in [4.69, 9.17) is 14.5 Å². The number of guanidine groups is 1. The predicted octanol–water partition coefficient (Wildman–Crippen LogP) is 2.35. The zero-order chi connectivity index (χ0) is 22.6. The van der Waals surface area contributed by atoms with E-state index in [1.54, 1.807) is 12.0 Å². The molecule has 2 heterocycles. The second-order valence-electron chi connectivity index (χ2n) is 9.42. The number of carbonyl (C=O) groups is 1. The summed E-state index contributed by atoms with van der Waals surface area (Å²) in [6, 6.07) is 0.309. The van der Waals surface area contributed by atoms with E-state index in [-0.39, 0.29) is 42.2 Å². The van der Waals surface area contributed by atoms with Crippen molar-refractivity contribution in [2.75, 3.05) is 20.2 Å². The third-order valence-corrected chi connectivity index (χ3v) is 5.80. The average molecular weight is 563 g/mol. The van der Waals surface area contributed by atoms with Gasteiger partial charge < -0.3 is 29.6 Å². The molecular formula is C21H38IN7O3. The predicted molar refractivity (Wildman–Crippen MR) is 133 cm³/mol. The van der Waals surface area contributed by atoms with Gasteiger partial charge >= 0.3 is 6.09 Å². The molecule has 3 rings (SSSR count). The Morgan fingerprint density at radius 1 is 1.19 bits per heavy atom. The second kappa shape index (κ2) is 11.5. The van der Waals surface area contributed by atoms with Crippen molar-refractivity contribution in [3.8, 4) is 0 Å². The smallest absolute Gasteiger partial charge is 0.410 e. The summed E-state index contributed by atoms with van der Waals surface area (Å²) < 4.78 is 13.1. The Morgan fingerprint density at radius 3 is 2.44 bits per heavy atom. The molecule has 182 valence electrons. The first-order valence-electron chi connectivity index (χ1n) is 11.1. The number of halogens is 1. The van der Waals surface area contributed by atoms with Crippen LogP contribution in [0.4, 0.5) is 4.79 Å². The van der Waals surface area contributed by atoms with Crippen molar-refractivity contribution in [3.63, 3.8) is 0 Å². The first kappa shape index (κ1) is 26.6. The third kappa shape index (κ3) is 7.19. The number of nitrogens with one attached hydrogen (secondary N) is 2. The van der Waals surface area contributed by atoms with E-state index in [0.29, 0.717) is 31.6 Å². The maximum Gasteiger partial charge on any atom is 0.410 e. The van der Waals surface area contributed by atoms with E-state index in [2.05, 4.69) is 20.8 Å². The highest BCUT2D eigenvalue weighted by atomic mass is 127. The monoisotopic (exact) mass is 563 g/mol. The first-order valence-corrected chi connectivity index (χ1v) is 11.1. The third-order valence-electron chi connectivity index (χ3n) is 5.80. The summed E-state index contributed by atoms with van der Waals surface area (Å²) >= 11 is 0. The molecule has 2 fully saturated rings. The Morgan fingerprint density at radius 2 is 1.88 bits per heavy atom. The minimum Gasteiger partial charge on any atom is -0.444 e. The Kier molecular flexibility index (Phi) is 9.55. The van der Waals surface area contributed by atoms with Gasteiger partial charge in [-0.3, -0.25) is 0 Å². The van der Waals surface area contributed by atoms with Crippen LogP contribution in [0.2, 0.25) is 0 Å². The summed E-state index contributed by atoms with van der Waals surface area (Å²) in [6.07, 6.45) is 4.24. The normalized spacial score (nSPS) is 22.1. The van der Waals surface area contributed by atoms with Crippen molar-refractivity contribution in [1.29, 1.82) is 0 Å². The van der Waals surface area contributed by atoms with Crippen molar-refractivity contribution in [1.82, 2.24) is 30.3 Å². The Labute approximate surface area is 207 Å². The van der Waals surface area contributed by atoms with Gasteiger partial charge in [0.05, 0.1) is 18.7 Å². The zero-order valence-corrected chi connectivity index (χ0v) is 22.4.